The molecule has 2 fully saturated rings. The number of aromatic amines is 1. The quantitative estimate of drug-likeness (QED) is 0.871. The number of H-pyrrole nitrogens is 1. The number of rotatable bonds is 2. The van der Waals surface area contributed by atoms with Crippen molar-refractivity contribution < 1.29 is 4.74 Å². The van der Waals surface area contributed by atoms with Crippen molar-refractivity contribution in [3.63, 3.8) is 0 Å². The molecule has 126 valence electrons. The maximum absolute atomic E-state index is 12.4. The first-order chi connectivity index (χ1) is 10.8. The predicted molar refractivity (Wildman–Crippen MR) is 94.0 cm³/mol. The van der Waals surface area contributed by atoms with Crippen LogP contribution in [0.2, 0.25) is 0 Å². The number of morpholine rings is 1. The topological polar surface area (TPSA) is 62.3 Å². The summed E-state index contributed by atoms with van der Waals surface area (Å²) in [4.78, 5) is 17.7. The molecule has 2 N–H and O–H groups in total. The number of fused-ring (bicyclic) bond motifs is 1. The molecular formula is C16H23ClN4O2. The van der Waals surface area contributed by atoms with Crippen molar-refractivity contribution in [1.29, 1.82) is 0 Å². The molecule has 4 rings (SSSR count). The highest BCUT2D eigenvalue weighted by atomic mass is 35.5. The van der Waals surface area contributed by atoms with Gasteiger partial charge in [-0.3, -0.25) is 4.57 Å². The van der Waals surface area contributed by atoms with Crippen molar-refractivity contribution >= 4 is 29.1 Å². The number of nitrogens with one attached hydrogen (secondary N) is 2. The molecule has 2 saturated heterocycles. The number of hydrogen-bond acceptors (Lipinski definition) is 4. The van der Waals surface area contributed by atoms with Gasteiger partial charge in [0.15, 0.2) is 0 Å². The zero-order valence-corrected chi connectivity index (χ0v) is 13.9. The van der Waals surface area contributed by atoms with E-state index in [2.05, 4.69) is 27.3 Å². The second-order valence-electron chi connectivity index (χ2n) is 6.08. The first-order valence-corrected chi connectivity index (χ1v) is 8.10. The van der Waals surface area contributed by atoms with Crippen LogP contribution < -0.4 is 15.9 Å². The molecule has 7 heteroatoms. The fourth-order valence-electron chi connectivity index (χ4n) is 3.56. The number of nitrogens with zero attached hydrogens (tertiary/aromatic N) is 2. The van der Waals surface area contributed by atoms with Gasteiger partial charge in [-0.25, -0.2) is 4.79 Å². The third-order valence-corrected chi connectivity index (χ3v) is 4.75. The molecule has 2 aromatic rings. The van der Waals surface area contributed by atoms with Gasteiger partial charge in [-0.05, 0) is 44.1 Å². The first-order valence-electron chi connectivity index (χ1n) is 8.10. The normalized spacial score (nSPS) is 19.7. The molecule has 1 aromatic heterocycles. The molecule has 0 saturated carbocycles. The number of piperidine rings is 1. The maximum Gasteiger partial charge on any atom is 0.326 e. The van der Waals surface area contributed by atoms with Crippen molar-refractivity contribution in [2.75, 3.05) is 44.3 Å². The molecule has 0 aliphatic carbocycles. The van der Waals surface area contributed by atoms with Gasteiger partial charge in [0.1, 0.15) is 0 Å². The minimum Gasteiger partial charge on any atom is -0.378 e. The summed E-state index contributed by atoms with van der Waals surface area (Å²) < 4.78 is 7.38. The van der Waals surface area contributed by atoms with Crippen LogP contribution in [-0.2, 0) is 4.74 Å². The lowest BCUT2D eigenvalue weighted by Gasteiger charge is -2.29. The predicted octanol–water partition coefficient (Wildman–Crippen LogP) is 1.51. The standard InChI is InChI=1S/C16H22N4O2.ClH/c21-16-18-14-2-1-13(19-7-9-22-10-8-19)11-15(14)20(16)12-3-5-17-6-4-12;/h1-2,11-12,17H,3-10H2,(H,18,21);1H. The van der Waals surface area contributed by atoms with Crippen LogP contribution in [-0.4, -0.2) is 48.9 Å². The smallest absolute Gasteiger partial charge is 0.326 e. The van der Waals surface area contributed by atoms with E-state index in [1.165, 1.54) is 5.69 Å². The summed E-state index contributed by atoms with van der Waals surface area (Å²) in [5, 5.41) is 3.36. The molecule has 23 heavy (non-hydrogen) atoms. The van der Waals surface area contributed by atoms with Crippen molar-refractivity contribution in [2.45, 2.75) is 18.9 Å². The molecule has 1 aromatic carbocycles. The Balaban J connectivity index is 0.00000156. The monoisotopic (exact) mass is 338 g/mol. The van der Waals surface area contributed by atoms with Crippen LogP contribution in [0.25, 0.3) is 11.0 Å². The SMILES string of the molecule is Cl.O=c1[nH]c2ccc(N3CCOCC3)cc2n1C1CCNCC1. The van der Waals surface area contributed by atoms with Gasteiger partial charge in [-0.2, -0.15) is 0 Å². The van der Waals surface area contributed by atoms with Gasteiger partial charge in [0, 0.05) is 24.8 Å². The molecule has 0 unspecified atom stereocenters. The number of anilines is 1. The zero-order valence-electron chi connectivity index (χ0n) is 13.1. The third-order valence-electron chi connectivity index (χ3n) is 4.75. The first kappa shape index (κ1) is 16.4. The average Bonchev–Trinajstić information content (AvgIpc) is 2.91. The Morgan fingerprint density at radius 2 is 1.87 bits per heavy atom. The van der Waals surface area contributed by atoms with Crippen molar-refractivity contribution in [3.8, 4) is 0 Å². The van der Waals surface area contributed by atoms with Crippen LogP contribution in [0.15, 0.2) is 23.0 Å². The minimum absolute atomic E-state index is 0. The molecule has 0 spiro atoms. The number of benzene rings is 1. The van der Waals surface area contributed by atoms with E-state index in [-0.39, 0.29) is 18.1 Å². The van der Waals surface area contributed by atoms with Crippen LogP contribution >= 0.6 is 12.4 Å². The van der Waals surface area contributed by atoms with Gasteiger partial charge >= 0.3 is 5.69 Å². The molecule has 3 heterocycles. The van der Waals surface area contributed by atoms with E-state index < -0.39 is 0 Å². The Bertz CT molecular complexity index is 714. The number of aromatic nitrogens is 2. The maximum atomic E-state index is 12.4. The van der Waals surface area contributed by atoms with Crippen LogP contribution in [0.5, 0.6) is 0 Å². The third kappa shape index (κ3) is 3.11. The number of hydrogen-bond donors (Lipinski definition) is 2. The van der Waals surface area contributed by atoms with Crippen molar-refractivity contribution in [3.05, 3.63) is 28.7 Å². The lowest BCUT2D eigenvalue weighted by Crippen LogP contribution is -2.36. The number of ether oxygens (including phenoxy) is 1. The van der Waals surface area contributed by atoms with Gasteiger partial charge in [0.05, 0.1) is 24.2 Å². The summed E-state index contributed by atoms with van der Waals surface area (Å²) in [6, 6.07) is 6.57. The Morgan fingerprint density at radius 1 is 1.13 bits per heavy atom. The molecule has 6 nitrogen and oxygen atoms in total. The molecule has 0 bridgehead atoms. The van der Waals surface area contributed by atoms with Crippen molar-refractivity contribution in [2.24, 2.45) is 0 Å². The summed E-state index contributed by atoms with van der Waals surface area (Å²) in [5.41, 5.74) is 3.15. The molecule has 0 radical (unpaired) electrons. The molecule has 2 aliphatic heterocycles. The molecule has 0 amide bonds. The summed E-state index contributed by atoms with van der Waals surface area (Å²) >= 11 is 0. The second-order valence-corrected chi connectivity index (χ2v) is 6.08. The summed E-state index contributed by atoms with van der Waals surface area (Å²) in [6.07, 6.45) is 2.02. The Labute approximate surface area is 141 Å². The van der Waals surface area contributed by atoms with Gasteiger partial charge < -0.3 is 19.9 Å². The highest BCUT2D eigenvalue weighted by molar-refractivity contribution is 5.85. The zero-order chi connectivity index (χ0) is 14.9. The summed E-state index contributed by atoms with van der Waals surface area (Å²) in [6.45, 7) is 5.32. The van der Waals surface area contributed by atoms with E-state index in [0.29, 0.717) is 6.04 Å². The Hall–Kier alpha value is -1.50. The van der Waals surface area contributed by atoms with E-state index >= 15 is 0 Å². The lowest BCUT2D eigenvalue weighted by atomic mass is 10.1. The van der Waals surface area contributed by atoms with Crippen LogP contribution in [0, 0.1) is 0 Å². The molecule has 0 atom stereocenters. The summed E-state index contributed by atoms with van der Waals surface area (Å²) in [7, 11) is 0. The van der Waals surface area contributed by atoms with Crippen LogP contribution in [0.3, 0.4) is 0 Å². The Morgan fingerprint density at radius 3 is 2.61 bits per heavy atom. The van der Waals surface area contributed by atoms with E-state index in [4.69, 9.17) is 4.74 Å². The van der Waals surface area contributed by atoms with Gasteiger partial charge in [0.2, 0.25) is 0 Å². The van der Waals surface area contributed by atoms with E-state index in [1.54, 1.807) is 0 Å². The minimum atomic E-state index is 0. The van der Waals surface area contributed by atoms with E-state index in [0.717, 1.165) is 63.3 Å². The second kappa shape index (κ2) is 6.95. The van der Waals surface area contributed by atoms with Crippen LogP contribution in [0.4, 0.5) is 5.69 Å². The lowest BCUT2D eigenvalue weighted by molar-refractivity contribution is 0.122. The summed E-state index contributed by atoms with van der Waals surface area (Å²) in [5.74, 6) is 0. The Kier molecular flexibility index (Phi) is 4.94. The van der Waals surface area contributed by atoms with Crippen LogP contribution in [0.1, 0.15) is 18.9 Å². The van der Waals surface area contributed by atoms with Gasteiger partial charge in [-0.1, -0.05) is 0 Å². The fourth-order valence-corrected chi connectivity index (χ4v) is 3.56. The molecular weight excluding hydrogens is 316 g/mol. The average molecular weight is 339 g/mol. The van der Waals surface area contributed by atoms with E-state index in [9.17, 15) is 4.79 Å². The fraction of sp³-hybridized carbons (Fsp3) is 0.562. The highest BCUT2D eigenvalue weighted by Gasteiger charge is 2.20. The van der Waals surface area contributed by atoms with Gasteiger partial charge in [0.25, 0.3) is 0 Å². The van der Waals surface area contributed by atoms with Crippen molar-refractivity contribution in [1.82, 2.24) is 14.9 Å². The molecule has 2 aliphatic rings. The van der Waals surface area contributed by atoms with E-state index in [1.807, 2.05) is 10.6 Å². The van der Waals surface area contributed by atoms with Gasteiger partial charge in [-0.15, -0.1) is 12.4 Å². The number of imidazole rings is 1. The largest absolute Gasteiger partial charge is 0.378 e. The number of halogens is 1. The highest BCUT2D eigenvalue weighted by Crippen LogP contribution is 2.26.